The third-order valence-electron chi connectivity index (χ3n) is 4.01. The van der Waals surface area contributed by atoms with Gasteiger partial charge in [-0.15, -0.1) is 0 Å². The summed E-state index contributed by atoms with van der Waals surface area (Å²) in [6.07, 6.45) is 3.84. The van der Waals surface area contributed by atoms with Crippen LogP contribution >= 0.6 is 0 Å². The van der Waals surface area contributed by atoms with Crippen LogP contribution in [0.5, 0.6) is 0 Å². The Balaban J connectivity index is 1.69. The maximum atomic E-state index is 12.1. The van der Waals surface area contributed by atoms with Gasteiger partial charge in [0.25, 0.3) is 5.91 Å². The molecule has 96 valence electrons. The second kappa shape index (κ2) is 4.57. The Bertz CT molecular complexity index is 503. The Labute approximate surface area is 105 Å². The summed E-state index contributed by atoms with van der Waals surface area (Å²) in [7, 11) is 0. The van der Waals surface area contributed by atoms with Crippen LogP contribution in [0, 0.1) is 5.92 Å². The lowest BCUT2D eigenvalue weighted by Gasteiger charge is -2.44. The lowest BCUT2D eigenvalue weighted by molar-refractivity contribution is 0.0620. The van der Waals surface area contributed by atoms with Gasteiger partial charge in [0, 0.05) is 30.4 Å². The maximum absolute atomic E-state index is 12.1. The molecule has 0 radical (unpaired) electrons. The average Bonchev–Trinajstić information content (AvgIpc) is 2.40. The minimum Gasteiger partial charge on any atom is -0.348 e. The number of pyridine rings is 1. The third kappa shape index (κ3) is 2.18. The van der Waals surface area contributed by atoms with Gasteiger partial charge in [-0.25, -0.2) is 0 Å². The van der Waals surface area contributed by atoms with Gasteiger partial charge in [0.05, 0.1) is 0 Å². The van der Waals surface area contributed by atoms with E-state index in [0.29, 0.717) is 11.5 Å². The van der Waals surface area contributed by atoms with Crippen LogP contribution in [0.4, 0.5) is 0 Å². The molecule has 5 heteroatoms. The number of nitrogens with one attached hydrogen (secondary N) is 2. The van der Waals surface area contributed by atoms with Crippen molar-refractivity contribution in [3.63, 3.8) is 0 Å². The molecule has 5 nitrogen and oxygen atoms in total. The number of carbonyl (C=O) groups is 1. The van der Waals surface area contributed by atoms with Crippen molar-refractivity contribution < 1.29 is 4.79 Å². The minimum atomic E-state index is -0.239. The van der Waals surface area contributed by atoms with E-state index in [1.165, 1.54) is 25.1 Å². The Morgan fingerprint density at radius 3 is 2.78 bits per heavy atom. The van der Waals surface area contributed by atoms with Crippen LogP contribution in [-0.2, 0) is 0 Å². The molecular formula is C13H17N3O2. The quantitative estimate of drug-likeness (QED) is 0.784. The van der Waals surface area contributed by atoms with Gasteiger partial charge in [0.15, 0.2) is 0 Å². The summed E-state index contributed by atoms with van der Waals surface area (Å²) in [6.45, 7) is 3.25. The highest BCUT2D eigenvalue weighted by molar-refractivity contribution is 5.94. The molecule has 1 amide bonds. The maximum Gasteiger partial charge on any atom is 0.251 e. The van der Waals surface area contributed by atoms with Crippen LogP contribution in [0.25, 0.3) is 0 Å². The van der Waals surface area contributed by atoms with E-state index in [9.17, 15) is 9.59 Å². The monoisotopic (exact) mass is 247 g/mol. The molecule has 0 spiro atoms. The van der Waals surface area contributed by atoms with Crippen molar-refractivity contribution >= 4 is 5.91 Å². The van der Waals surface area contributed by atoms with Crippen molar-refractivity contribution in [3.05, 3.63) is 34.2 Å². The molecule has 1 aromatic heterocycles. The number of hydrogen-bond acceptors (Lipinski definition) is 3. The first-order valence-corrected chi connectivity index (χ1v) is 6.44. The predicted molar refractivity (Wildman–Crippen MR) is 67.5 cm³/mol. The van der Waals surface area contributed by atoms with E-state index in [2.05, 4.69) is 15.2 Å². The second-order valence-electron chi connectivity index (χ2n) is 5.16. The van der Waals surface area contributed by atoms with E-state index in [-0.39, 0.29) is 17.5 Å². The fourth-order valence-corrected chi connectivity index (χ4v) is 2.97. The SMILES string of the molecule is O=C(NC1CN2CCC1CC2)c1cc[nH]c(=O)c1. The molecule has 1 atom stereocenters. The average molecular weight is 247 g/mol. The first-order valence-electron chi connectivity index (χ1n) is 6.44. The standard InChI is InChI=1S/C13H17N3O2/c17-12-7-10(1-4-14-12)13(18)15-11-8-16-5-2-9(11)3-6-16/h1,4,7,9,11H,2-3,5-6,8H2,(H,14,17)(H,15,18). The number of nitrogens with zero attached hydrogens (tertiary/aromatic N) is 1. The number of hydrogen-bond donors (Lipinski definition) is 2. The van der Waals surface area contributed by atoms with Gasteiger partial charge in [0.2, 0.25) is 5.56 Å². The zero-order chi connectivity index (χ0) is 12.5. The number of amides is 1. The summed E-state index contributed by atoms with van der Waals surface area (Å²) >= 11 is 0. The van der Waals surface area contributed by atoms with Gasteiger partial charge in [0.1, 0.15) is 0 Å². The van der Waals surface area contributed by atoms with Crippen LogP contribution in [0.2, 0.25) is 0 Å². The summed E-state index contributed by atoms with van der Waals surface area (Å²) in [6, 6.07) is 3.22. The van der Waals surface area contributed by atoms with Crippen molar-refractivity contribution in [2.24, 2.45) is 5.92 Å². The molecule has 0 aromatic carbocycles. The molecule has 18 heavy (non-hydrogen) atoms. The van der Waals surface area contributed by atoms with Crippen LogP contribution in [0.15, 0.2) is 23.1 Å². The van der Waals surface area contributed by atoms with Gasteiger partial charge in [-0.3, -0.25) is 9.59 Å². The van der Waals surface area contributed by atoms with E-state index >= 15 is 0 Å². The van der Waals surface area contributed by atoms with E-state index in [4.69, 9.17) is 0 Å². The molecule has 1 aromatic rings. The van der Waals surface area contributed by atoms with Crippen LogP contribution in [0.1, 0.15) is 23.2 Å². The molecule has 2 N–H and O–H groups in total. The summed E-state index contributed by atoms with van der Waals surface area (Å²) in [5.41, 5.74) is 0.201. The minimum absolute atomic E-state index is 0.139. The Kier molecular flexibility index (Phi) is 2.91. The van der Waals surface area contributed by atoms with Gasteiger partial charge < -0.3 is 15.2 Å². The molecule has 4 rings (SSSR count). The van der Waals surface area contributed by atoms with E-state index in [1.807, 2.05) is 0 Å². The summed E-state index contributed by atoms with van der Waals surface area (Å²) in [4.78, 5) is 28.1. The molecule has 1 unspecified atom stereocenters. The summed E-state index contributed by atoms with van der Waals surface area (Å²) in [5.74, 6) is 0.459. The van der Waals surface area contributed by atoms with Crippen LogP contribution < -0.4 is 10.9 Å². The van der Waals surface area contributed by atoms with E-state index < -0.39 is 0 Å². The smallest absolute Gasteiger partial charge is 0.251 e. The molecule has 2 bridgehead atoms. The van der Waals surface area contributed by atoms with Crippen molar-refractivity contribution in [2.45, 2.75) is 18.9 Å². The molecule has 0 aliphatic carbocycles. The number of rotatable bonds is 2. The van der Waals surface area contributed by atoms with Gasteiger partial charge in [-0.2, -0.15) is 0 Å². The second-order valence-corrected chi connectivity index (χ2v) is 5.16. The Morgan fingerprint density at radius 2 is 2.17 bits per heavy atom. The highest BCUT2D eigenvalue weighted by Gasteiger charge is 2.34. The first kappa shape index (κ1) is 11.5. The molecule has 3 fully saturated rings. The molecule has 3 aliphatic heterocycles. The number of aromatic nitrogens is 1. The van der Waals surface area contributed by atoms with Gasteiger partial charge in [-0.05, 0) is 37.9 Å². The van der Waals surface area contributed by atoms with Gasteiger partial charge >= 0.3 is 0 Å². The molecular weight excluding hydrogens is 230 g/mol. The zero-order valence-electron chi connectivity index (χ0n) is 10.2. The highest BCUT2D eigenvalue weighted by atomic mass is 16.2. The number of aromatic amines is 1. The van der Waals surface area contributed by atoms with Gasteiger partial charge in [-0.1, -0.05) is 0 Å². The van der Waals surface area contributed by atoms with Crippen molar-refractivity contribution in [3.8, 4) is 0 Å². The molecule has 4 heterocycles. The fraction of sp³-hybridized carbons (Fsp3) is 0.538. The number of H-pyrrole nitrogens is 1. The molecule has 3 aliphatic rings. The first-order chi connectivity index (χ1) is 8.72. The highest BCUT2D eigenvalue weighted by Crippen LogP contribution is 2.27. The molecule has 0 saturated carbocycles. The summed E-state index contributed by atoms with van der Waals surface area (Å²) < 4.78 is 0. The number of piperidine rings is 3. The Morgan fingerprint density at radius 1 is 1.39 bits per heavy atom. The Hall–Kier alpha value is -1.62. The number of fused-ring (bicyclic) bond motifs is 3. The van der Waals surface area contributed by atoms with Crippen molar-refractivity contribution in [1.29, 1.82) is 0 Å². The lowest BCUT2D eigenvalue weighted by atomic mass is 9.84. The molecule has 3 saturated heterocycles. The zero-order valence-corrected chi connectivity index (χ0v) is 10.2. The van der Waals surface area contributed by atoms with Crippen LogP contribution in [0.3, 0.4) is 0 Å². The van der Waals surface area contributed by atoms with E-state index in [1.54, 1.807) is 6.07 Å². The third-order valence-corrected chi connectivity index (χ3v) is 4.01. The number of carbonyl (C=O) groups excluding carboxylic acids is 1. The normalized spacial score (nSPS) is 30.1. The predicted octanol–water partition coefficient (Wildman–Crippen LogP) is 0.199. The van der Waals surface area contributed by atoms with E-state index in [0.717, 1.165) is 19.6 Å². The topological polar surface area (TPSA) is 65.2 Å². The summed E-state index contributed by atoms with van der Waals surface area (Å²) in [5, 5.41) is 3.06. The van der Waals surface area contributed by atoms with Crippen molar-refractivity contribution in [1.82, 2.24) is 15.2 Å². The fourth-order valence-electron chi connectivity index (χ4n) is 2.97. The largest absolute Gasteiger partial charge is 0.348 e. The van der Waals surface area contributed by atoms with Crippen molar-refractivity contribution in [2.75, 3.05) is 19.6 Å². The van der Waals surface area contributed by atoms with Crippen LogP contribution in [-0.4, -0.2) is 41.5 Å². The lowest BCUT2D eigenvalue weighted by Crippen LogP contribution is -2.57.